The van der Waals surface area contributed by atoms with Gasteiger partial charge in [0.25, 0.3) is 11.4 Å². The first-order valence-corrected chi connectivity index (χ1v) is 10.2. The van der Waals surface area contributed by atoms with Gasteiger partial charge in [0.05, 0.1) is 34.1 Å². The summed E-state index contributed by atoms with van der Waals surface area (Å²) < 4.78 is 11.0. The Labute approximate surface area is 195 Å². The lowest BCUT2D eigenvalue weighted by Crippen LogP contribution is -2.13. The summed E-state index contributed by atoms with van der Waals surface area (Å²) in [6.07, 6.45) is 3.07. The van der Waals surface area contributed by atoms with Crippen LogP contribution in [-0.4, -0.2) is 22.9 Å². The van der Waals surface area contributed by atoms with Gasteiger partial charge in [-0.25, -0.2) is 4.79 Å². The monoisotopic (exact) mass is 462 g/mol. The smallest absolute Gasteiger partial charge is 0.344 e. The van der Waals surface area contributed by atoms with Gasteiger partial charge in [-0.2, -0.15) is 0 Å². The summed E-state index contributed by atoms with van der Waals surface area (Å²) in [5.74, 6) is 0.0274. The Kier molecular flexibility index (Phi) is 7.06. The minimum Gasteiger partial charge on any atom is -0.493 e. The van der Waals surface area contributed by atoms with Crippen LogP contribution in [-0.2, 0) is 0 Å². The second kappa shape index (κ2) is 9.95. The summed E-state index contributed by atoms with van der Waals surface area (Å²) >= 11 is 0. The van der Waals surface area contributed by atoms with E-state index in [1.54, 1.807) is 24.3 Å². The number of ether oxygens (including phenoxy) is 2. The molecule has 0 saturated heterocycles. The van der Waals surface area contributed by atoms with Crippen LogP contribution in [0.3, 0.4) is 0 Å². The summed E-state index contributed by atoms with van der Waals surface area (Å²) in [5, 5.41) is 22.2. The molecule has 0 aliphatic rings. The van der Waals surface area contributed by atoms with Crippen molar-refractivity contribution in [2.75, 3.05) is 7.11 Å². The molecule has 0 saturated carbocycles. The van der Waals surface area contributed by atoms with Crippen molar-refractivity contribution in [1.29, 1.82) is 0 Å². The van der Waals surface area contributed by atoms with Gasteiger partial charge < -0.3 is 9.47 Å². The SMILES string of the molecule is COc1cc(C=Cc2ccc([N+](=O)[O-])cc2[N+](=O)[O-])ccc1OC(=O)c1c(C)cc(C)cc1C. The van der Waals surface area contributed by atoms with Gasteiger partial charge in [-0.3, -0.25) is 20.2 Å². The first kappa shape index (κ1) is 24.1. The van der Waals surface area contributed by atoms with E-state index in [0.29, 0.717) is 16.9 Å². The Morgan fingerprint density at radius 2 is 1.53 bits per heavy atom. The third kappa shape index (κ3) is 5.26. The number of esters is 1. The van der Waals surface area contributed by atoms with Crippen LogP contribution in [0.2, 0.25) is 0 Å². The highest BCUT2D eigenvalue weighted by molar-refractivity contribution is 5.94. The molecule has 0 amide bonds. The average Bonchev–Trinajstić information content (AvgIpc) is 2.77. The van der Waals surface area contributed by atoms with E-state index in [0.717, 1.165) is 22.8 Å². The molecule has 3 aromatic rings. The molecule has 9 heteroatoms. The van der Waals surface area contributed by atoms with E-state index in [-0.39, 0.29) is 22.7 Å². The molecule has 0 radical (unpaired) electrons. The first-order chi connectivity index (χ1) is 16.1. The second-order valence-electron chi connectivity index (χ2n) is 7.66. The Morgan fingerprint density at radius 1 is 0.853 bits per heavy atom. The predicted molar refractivity (Wildman–Crippen MR) is 127 cm³/mol. The fraction of sp³-hybridized carbons (Fsp3) is 0.160. The van der Waals surface area contributed by atoms with Gasteiger partial charge in [0.15, 0.2) is 11.5 Å². The minimum absolute atomic E-state index is 0.204. The van der Waals surface area contributed by atoms with Crippen LogP contribution < -0.4 is 9.47 Å². The molecule has 3 rings (SSSR count). The van der Waals surface area contributed by atoms with Gasteiger partial charge in [0, 0.05) is 6.07 Å². The van der Waals surface area contributed by atoms with Gasteiger partial charge in [-0.05, 0) is 61.7 Å². The number of aryl methyl sites for hydroxylation is 3. The van der Waals surface area contributed by atoms with Crippen LogP contribution in [0.5, 0.6) is 11.5 Å². The quantitative estimate of drug-likeness (QED) is 0.142. The molecule has 0 spiro atoms. The number of hydrogen-bond acceptors (Lipinski definition) is 7. The van der Waals surface area contributed by atoms with Crippen molar-refractivity contribution < 1.29 is 24.1 Å². The van der Waals surface area contributed by atoms with E-state index in [4.69, 9.17) is 9.47 Å². The van der Waals surface area contributed by atoms with Crippen LogP contribution in [0, 0.1) is 41.0 Å². The molecule has 0 aliphatic heterocycles. The zero-order valence-corrected chi connectivity index (χ0v) is 19.0. The highest BCUT2D eigenvalue weighted by Crippen LogP contribution is 2.31. The number of nitro benzene ring substituents is 2. The largest absolute Gasteiger partial charge is 0.493 e. The zero-order chi connectivity index (χ0) is 25.0. The fourth-order valence-corrected chi connectivity index (χ4v) is 3.66. The summed E-state index contributed by atoms with van der Waals surface area (Å²) in [6, 6.07) is 12.1. The third-order valence-corrected chi connectivity index (χ3v) is 5.15. The maximum atomic E-state index is 12.8. The number of benzene rings is 3. The van der Waals surface area contributed by atoms with Gasteiger partial charge in [-0.15, -0.1) is 0 Å². The van der Waals surface area contributed by atoms with Crippen molar-refractivity contribution in [3.63, 3.8) is 0 Å². The lowest BCUT2D eigenvalue weighted by Gasteiger charge is -2.13. The normalized spacial score (nSPS) is 10.8. The number of carbonyl (C=O) groups excluding carboxylic acids is 1. The molecule has 174 valence electrons. The van der Waals surface area contributed by atoms with E-state index in [1.807, 2.05) is 32.9 Å². The van der Waals surface area contributed by atoms with Crippen molar-refractivity contribution in [2.24, 2.45) is 0 Å². The van der Waals surface area contributed by atoms with Crippen molar-refractivity contribution in [1.82, 2.24) is 0 Å². The zero-order valence-electron chi connectivity index (χ0n) is 19.0. The molecule has 0 N–H and O–H groups in total. The fourth-order valence-electron chi connectivity index (χ4n) is 3.66. The number of methoxy groups -OCH3 is 1. The average molecular weight is 462 g/mol. The summed E-state index contributed by atoms with van der Waals surface area (Å²) in [5.41, 5.74) is 3.23. The Hall–Kier alpha value is -4.53. The number of rotatable bonds is 7. The number of carbonyl (C=O) groups is 1. The number of hydrogen-bond donors (Lipinski definition) is 0. The lowest BCUT2D eigenvalue weighted by atomic mass is 10.00. The molecular weight excluding hydrogens is 440 g/mol. The van der Waals surface area contributed by atoms with Crippen LogP contribution in [0.15, 0.2) is 48.5 Å². The molecule has 0 atom stereocenters. The van der Waals surface area contributed by atoms with Crippen LogP contribution in [0.4, 0.5) is 11.4 Å². The maximum absolute atomic E-state index is 12.8. The molecule has 9 nitrogen and oxygen atoms in total. The lowest BCUT2D eigenvalue weighted by molar-refractivity contribution is -0.394. The van der Waals surface area contributed by atoms with E-state index in [1.165, 1.54) is 25.3 Å². The topological polar surface area (TPSA) is 122 Å². The Balaban J connectivity index is 1.88. The molecule has 0 aliphatic carbocycles. The van der Waals surface area contributed by atoms with Crippen LogP contribution in [0.1, 0.15) is 38.2 Å². The number of nitro groups is 2. The van der Waals surface area contributed by atoms with E-state index >= 15 is 0 Å². The third-order valence-electron chi connectivity index (χ3n) is 5.15. The highest BCUT2D eigenvalue weighted by atomic mass is 16.6. The predicted octanol–water partition coefficient (Wildman–Crippen LogP) is 5.83. The molecule has 0 aromatic heterocycles. The van der Waals surface area contributed by atoms with Gasteiger partial charge in [0.2, 0.25) is 0 Å². The molecule has 0 fully saturated rings. The minimum atomic E-state index is -0.690. The van der Waals surface area contributed by atoms with E-state index in [2.05, 4.69) is 0 Å². The van der Waals surface area contributed by atoms with Gasteiger partial charge in [-0.1, -0.05) is 29.8 Å². The van der Waals surface area contributed by atoms with Crippen molar-refractivity contribution in [3.8, 4) is 11.5 Å². The molecule has 0 heterocycles. The molecular formula is C25H22N2O7. The van der Waals surface area contributed by atoms with Crippen molar-refractivity contribution in [2.45, 2.75) is 20.8 Å². The standard InChI is InChI=1S/C25H22N2O7/c1-15-11-16(2)24(17(3)12-15)25(28)34-22-10-6-18(13-23(22)33-4)5-7-19-8-9-20(26(29)30)14-21(19)27(31)32/h5-14H,1-4H3. The Bertz CT molecular complexity index is 1310. The van der Waals surface area contributed by atoms with Crippen LogP contribution in [0.25, 0.3) is 12.2 Å². The number of nitrogens with zero attached hydrogens (tertiary/aromatic N) is 2. The first-order valence-electron chi connectivity index (χ1n) is 10.2. The van der Waals surface area contributed by atoms with Crippen LogP contribution >= 0.6 is 0 Å². The molecule has 3 aromatic carbocycles. The van der Waals surface area contributed by atoms with Crippen molar-refractivity contribution >= 4 is 29.5 Å². The maximum Gasteiger partial charge on any atom is 0.344 e. The Morgan fingerprint density at radius 3 is 2.12 bits per heavy atom. The number of non-ortho nitro benzene ring substituents is 1. The van der Waals surface area contributed by atoms with E-state index in [9.17, 15) is 25.0 Å². The molecule has 34 heavy (non-hydrogen) atoms. The molecule has 0 unspecified atom stereocenters. The summed E-state index contributed by atoms with van der Waals surface area (Å²) in [4.78, 5) is 33.7. The summed E-state index contributed by atoms with van der Waals surface area (Å²) in [7, 11) is 1.43. The molecule has 0 bridgehead atoms. The second-order valence-corrected chi connectivity index (χ2v) is 7.66. The summed E-state index contributed by atoms with van der Waals surface area (Å²) in [6.45, 7) is 5.65. The van der Waals surface area contributed by atoms with Gasteiger partial charge in [0.1, 0.15) is 0 Å². The highest BCUT2D eigenvalue weighted by Gasteiger charge is 2.19. The van der Waals surface area contributed by atoms with Crippen molar-refractivity contribution in [3.05, 3.63) is 102 Å². The van der Waals surface area contributed by atoms with Gasteiger partial charge >= 0.3 is 5.97 Å². The van der Waals surface area contributed by atoms with E-state index < -0.39 is 15.8 Å².